The van der Waals surface area contributed by atoms with Crippen molar-refractivity contribution in [3.8, 4) is 0 Å². The number of hydrogen-bond acceptors (Lipinski definition) is 7. The van der Waals surface area contributed by atoms with E-state index in [4.69, 9.17) is 4.84 Å². The average Bonchev–Trinajstić information content (AvgIpc) is 2.77. The van der Waals surface area contributed by atoms with Crippen LogP contribution in [0.1, 0.15) is 69.3 Å². The molecule has 0 heterocycles. The van der Waals surface area contributed by atoms with Crippen LogP contribution in [0.15, 0.2) is 41.5 Å². The second-order valence-electron chi connectivity index (χ2n) is 7.37. The molecule has 0 bridgehead atoms. The minimum atomic E-state index is -0.853. The van der Waals surface area contributed by atoms with Gasteiger partial charge in [0.05, 0.1) is 11.3 Å². The van der Waals surface area contributed by atoms with Gasteiger partial charge in [-0.15, -0.1) is 5.06 Å². The van der Waals surface area contributed by atoms with E-state index in [-0.39, 0.29) is 17.4 Å². The highest BCUT2D eigenvalue weighted by atomic mass is 16.7. The van der Waals surface area contributed by atoms with Crippen molar-refractivity contribution in [2.75, 3.05) is 6.54 Å². The molecule has 0 unspecified atom stereocenters. The summed E-state index contributed by atoms with van der Waals surface area (Å²) in [6.07, 6.45) is 2.52. The molecular weight excluding hydrogens is 428 g/mol. The van der Waals surface area contributed by atoms with Crippen molar-refractivity contribution >= 4 is 35.3 Å². The SMILES string of the molecule is C=C(C)C(=O)NCCCCCC(=O)N/N=C(\C)c1ccc(C(=O)ON(C(C)=O)C(C)=O)cc1. The zero-order valence-corrected chi connectivity index (χ0v) is 19.4. The number of unbranched alkanes of at least 4 members (excludes halogenated alkanes) is 2. The number of nitrogens with one attached hydrogen (secondary N) is 2. The monoisotopic (exact) mass is 458 g/mol. The Balaban J connectivity index is 2.47. The Morgan fingerprint density at radius 1 is 0.909 bits per heavy atom. The van der Waals surface area contributed by atoms with Crippen LogP contribution in [0, 0.1) is 0 Å². The number of carbonyl (C=O) groups is 5. The first-order valence-electron chi connectivity index (χ1n) is 10.4. The summed E-state index contributed by atoms with van der Waals surface area (Å²) in [5.74, 6) is -2.67. The third kappa shape index (κ3) is 9.90. The van der Waals surface area contributed by atoms with Crippen molar-refractivity contribution in [3.05, 3.63) is 47.5 Å². The molecule has 0 saturated carbocycles. The molecule has 10 nitrogen and oxygen atoms in total. The Morgan fingerprint density at radius 2 is 1.48 bits per heavy atom. The summed E-state index contributed by atoms with van der Waals surface area (Å²) in [5.41, 5.74) is 4.28. The first kappa shape index (κ1) is 27.2. The van der Waals surface area contributed by atoms with Gasteiger partial charge in [0.2, 0.25) is 11.8 Å². The highest BCUT2D eigenvalue weighted by molar-refractivity contribution is 6.00. The van der Waals surface area contributed by atoms with Gasteiger partial charge < -0.3 is 10.2 Å². The molecular formula is C23H30N4O6. The lowest BCUT2D eigenvalue weighted by Gasteiger charge is -2.15. The Bertz CT molecular complexity index is 923. The maximum absolute atomic E-state index is 12.1. The number of hydroxylamine groups is 2. The maximum Gasteiger partial charge on any atom is 0.363 e. The number of nitrogens with zero attached hydrogens (tertiary/aromatic N) is 2. The molecule has 33 heavy (non-hydrogen) atoms. The number of hydrazone groups is 1. The standard InChI is InChI=1S/C23H30N4O6/c1-15(2)22(31)24-14-8-6-7-9-21(30)26-25-16(3)19-10-12-20(13-11-19)23(32)33-27(17(4)28)18(5)29/h10-13H,1,6-9,14H2,2-5H3,(H,24,31)(H,26,30)/b25-16+. The lowest BCUT2D eigenvalue weighted by molar-refractivity contribution is -0.177. The summed E-state index contributed by atoms with van der Waals surface area (Å²) in [7, 11) is 0. The van der Waals surface area contributed by atoms with Crippen LogP contribution in [0.3, 0.4) is 0 Å². The summed E-state index contributed by atoms with van der Waals surface area (Å²) in [4.78, 5) is 62.9. The van der Waals surface area contributed by atoms with E-state index in [0.29, 0.717) is 41.3 Å². The minimum Gasteiger partial charge on any atom is -0.352 e. The number of rotatable bonds is 10. The van der Waals surface area contributed by atoms with Gasteiger partial charge in [-0.2, -0.15) is 5.10 Å². The number of imide groups is 1. The molecule has 0 radical (unpaired) electrons. The van der Waals surface area contributed by atoms with E-state index in [1.807, 2.05) is 0 Å². The van der Waals surface area contributed by atoms with Crippen molar-refractivity contribution in [1.29, 1.82) is 0 Å². The van der Waals surface area contributed by atoms with Gasteiger partial charge in [-0.05, 0) is 44.4 Å². The van der Waals surface area contributed by atoms with Crippen LogP contribution in [0.4, 0.5) is 0 Å². The summed E-state index contributed by atoms with van der Waals surface area (Å²) in [6.45, 7) is 9.66. The van der Waals surface area contributed by atoms with Crippen LogP contribution in [0.25, 0.3) is 0 Å². The molecule has 0 aliphatic carbocycles. The summed E-state index contributed by atoms with van der Waals surface area (Å²) in [5, 5.41) is 7.18. The lowest BCUT2D eigenvalue weighted by atomic mass is 10.1. The van der Waals surface area contributed by atoms with Gasteiger partial charge in [-0.1, -0.05) is 25.1 Å². The van der Waals surface area contributed by atoms with Crippen LogP contribution in [-0.2, 0) is 24.0 Å². The Hall–Kier alpha value is -3.82. The fourth-order valence-electron chi connectivity index (χ4n) is 2.54. The van der Waals surface area contributed by atoms with E-state index in [2.05, 4.69) is 22.4 Å². The van der Waals surface area contributed by atoms with Crippen molar-refractivity contribution in [2.45, 2.75) is 53.4 Å². The quantitative estimate of drug-likeness (QED) is 0.239. The third-order valence-electron chi connectivity index (χ3n) is 4.39. The van der Waals surface area contributed by atoms with E-state index >= 15 is 0 Å². The molecule has 1 aromatic carbocycles. The van der Waals surface area contributed by atoms with Gasteiger partial charge >= 0.3 is 5.97 Å². The largest absolute Gasteiger partial charge is 0.363 e. The predicted molar refractivity (Wildman–Crippen MR) is 122 cm³/mol. The molecule has 0 aromatic heterocycles. The molecule has 178 valence electrons. The normalized spacial score (nSPS) is 10.7. The molecule has 0 atom stereocenters. The second-order valence-corrected chi connectivity index (χ2v) is 7.37. The third-order valence-corrected chi connectivity index (χ3v) is 4.39. The van der Waals surface area contributed by atoms with E-state index in [1.54, 1.807) is 26.0 Å². The van der Waals surface area contributed by atoms with Crippen LogP contribution in [0.5, 0.6) is 0 Å². The number of carbonyl (C=O) groups excluding carboxylic acids is 5. The Kier molecular flexibility index (Phi) is 11.2. The van der Waals surface area contributed by atoms with Crippen molar-refractivity contribution in [2.24, 2.45) is 5.10 Å². The molecule has 0 fully saturated rings. The topological polar surface area (TPSA) is 134 Å². The summed E-state index contributed by atoms with van der Waals surface area (Å²) >= 11 is 0. The van der Waals surface area contributed by atoms with Crippen molar-refractivity contribution in [3.63, 3.8) is 0 Å². The molecule has 0 spiro atoms. The lowest BCUT2D eigenvalue weighted by Crippen LogP contribution is -2.35. The zero-order chi connectivity index (χ0) is 25.0. The van der Waals surface area contributed by atoms with Crippen LogP contribution in [-0.4, -0.2) is 46.9 Å². The molecule has 1 aromatic rings. The van der Waals surface area contributed by atoms with E-state index in [0.717, 1.165) is 26.7 Å². The van der Waals surface area contributed by atoms with E-state index < -0.39 is 17.8 Å². The van der Waals surface area contributed by atoms with Gasteiger partial charge in [-0.3, -0.25) is 19.2 Å². The van der Waals surface area contributed by atoms with Crippen molar-refractivity contribution < 1.29 is 28.8 Å². The Labute approximate surface area is 193 Å². The summed E-state index contributed by atoms with van der Waals surface area (Å²) in [6, 6.07) is 6.13. The van der Waals surface area contributed by atoms with Crippen LogP contribution < -0.4 is 10.7 Å². The molecule has 0 aliphatic heterocycles. The molecule has 1 rings (SSSR count). The van der Waals surface area contributed by atoms with Gasteiger partial charge in [0.1, 0.15) is 0 Å². The fourth-order valence-corrected chi connectivity index (χ4v) is 2.54. The molecule has 4 amide bonds. The first-order valence-corrected chi connectivity index (χ1v) is 10.4. The van der Waals surface area contributed by atoms with Crippen molar-refractivity contribution in [1.82, 2.24) is 15.8 Å². The number of benzene rings is 1. The van der Waals surface area contributed by atoms with Gasteiger partial charge in [-0.25, -0.2) is 10.2 Å². The first-order chi connectivity index (χ1) is 15.5. The van der Waals surface area contributed by atoms with Crippen LogP contribution >= 0.6 is 0 Å². The second kappa shape index (κ2) is 13.6. The minimum absolute atomic E-state index is 0.141. The van der Waals surface area contributed by atoms with E-state index in [1.165, 1.54) is 12.1 Å². The van der Waals surface area contributed by atoms with Gasteiger partial charge in [0.15, 0.2) is 0 Å². The smallest absolute Gasteiger partial charge is 0.352 e. The number of hydrogen-bond donors (Lipinski definition) is 2. The fraction of sp³-hybridized carbons (Fsp3) is 0.391. The van der Waals surface area contributed by atoms with E-state index in [9.17, 15) is 24.0 Å². The summed E-state index contributed by atoms with van der Waals surface area (Å²) < 4.78 is 0. The number of amides is 4. The Morgan fingerprint density at radius 3 is 2.03 bits per heavy atom. The van der Waals surface area contributed by atoms with Gasteiger partial charge in [0, 0.05) is 32.4 Å². The van der Waals surface area contributed by atoms with Gasteiger partial charge in [0.25, 0.3) is 11.8 Å². The molecule has 10 heteroatoms. The molecule has 0 aliphatic rings. The highest BCUT2D eigenvalue weighted by Gasteiger charge is 2.20. The van der Waals surface area contributed by atoms with Crippen LogP contribution in [0.2, 0.25) is 0 Å². The average molecular weight is 459 g/mol. The highest BCUT2D eigenvalue weighted by Crippen LogP contribution is 2.09. The molecule has 0 saturated heterocycles. The zero-order valence-electron chi connectivity index (χ0n) is 19.4. The predicted octanol–water partition coefficient (Wildman–Crippen LogP) is 2.25. The molecule has 2 N–H and O–H groups in total. The maximum atomic E-state index is 12.1.